The molecule has 3 aromatic carbocycles. The van der Waals surface area contributed by atoms with Gasteiger partial charge in [0.1, 0.15) is 11.6 Å². The molecule has 0 aliphatic carbocycles. The molecule has 5 aromatic rings. The molecule has 2 heterocycles. The van der Waals surface area contributed by atoms with Gasteiger partial charge < -0.3 is 25.0 Å². The summed E-state index contributed by atoms with van der Waals surface area (Å²) in [5.74, 6) is -1.000. The van der Waals surface area contributed by atoms with Crippen LogP contribution in [0.5, 0.6) is 11.5 Å². The highest BCUT2D eigenvalue weighted by molar-refractivity contribution is 7.80. The number of nitrogens with zero attached hydrogens (tertiary/aromatic N) is 2. The summed E-state index contributed by atoms with van der Waals surface area (Å²) >= 11 is 6.67. The summed E-state index contributed by atoms with van der Waals surface area (Å²) in [6.07, 6.45) is 1.61. The number of aromatic nitrogens is 1. The fraction of sp³-hybridized carbons (Fsp3) is 0.176. The van der Waals surface area contributed by atoms with E-state index in [2.05, 4.69) is 15.6 Å². The van der Waals surface area contributed by atoms with Gasteiger partial charge in [-0.1, -0.05) is 30.3 Å². The second-order valence-electron chi connectivity index (χ2n) is 10.3. The first-order chi connectivity index (χ1) is 22.2. The maximum absolute atomic E-state index is 15.1. The van der Waals surface area contributed by atoms with Gasteiger partial charge in [0.2, 0.25) is 11.8 Å². The van der Waals surface area contributed by atoms with Crippen molar-refractivity contribution >= 4 is 56.4 Å². The third kappa shape index (κ3) is 8.47. The quantitative estimate of drug-likeness (QED) is 0.146. The number of carbonyl (C=O) groups excluding carboxylic acids is 2. The molecule has 236 valence electrons. The molecule has 0 aliphatic rings. The van der Waals surface area contributed by atoms with Gasteiger partial charge >= 0.3 is 0 Å². The zero-order valence-corrected chi connectivity index (χ0v) is 26.6. The molecule has 2 N–H and O–H groups in total. The molecule has 46 heavy (non-hydrogen) atoms. The fourth-order valence-electron chi connectivity index (χ4n) is 4.63. The first kappa shape index (κ1) is 32.6. The molecule has 0 radical (unpaired) electrons. The normalized spacial score (nSPS) is 10.9. The fourth-order valence-corrected chi connectivity index (χ4v) is 5.92. The summed E-state index contributed by atoms with van der Waals surface area (Å²) in [6, 6.07) is 21.4. The van der Waals surface area contributed by atoms with Crippen LogP contribution in [-0.2, 0) is 27.3 Å². The maximum atomic E-state index is 15.1. The summed E-state index contributed by atoms with van der Waals surface area (Å²) in [6.45, 7) is 2.95. The van der Waals surface area contributed by atoms with Gasteiger partial charge in [-0.25, -0.2) is 8.78 Å². The van der Waals surface area contributed by atoms with Crippen LogP contribution in [0.2, 0.25) is 0 Å². The highest BCUT2D eigenvalue weighted by atomic mass is 32.1. The number of anilines is 1. The van der Waals surface area contributed by atoms with E-state index in [1.807, 2.05) is 30.3 Å². The van der Waals surface area contributed by atoms with Gasteiger partial charge in [-0.3, -0.25) is 14.6 Å². The van der Waals surface area contributed by atoms with Gasteiger partial charge in [-0.05, 0) is 65.3 Å². The second kappa shape index (κ2) is 15.0. The first-order valence-electron chi connectivity index (χ1n) is 14.2. The van der Waals surface area contributed by atoms with Gasteiger partial charge in [0.15, 0.2) is 16.7 Å². The lowest BCUT2D eigenvalue weighted by Crippen LogP contribution is -2.35. The summed E-state index contributed by atoms with van der Waals surface area (Å²) in [7, 11) is 1.60. The zero-order chi connectivity index (χ0) is 32.6. The Morgan fingerprint density at radius 2 is 1.78 bits per heavy atom. The van der Waals surface area contributed by atoms with Crippen LogP contribution < -0.4 is 15.4 Å². The lowest BCUT2D eigenvalue weighted by atomic mass is 10.1. The Labute approximate surface area is 274 Å². The summed E-state index contributed by atoms with van der Waals surface area (Å²) in [5.41, 5.74) is 3.59. The average molecular weight is 661 g/mol. The van der Waals surface area contributed by atoms with E-state index in [9.17, 15) is 14.0 Å². The number of ether oxygens (including phenoxy) is 2. The van der Waals surface area contributed by atoms with Gasteiger partial charge in [-0.2, -0.15) is 0 Å². The molecule has 0 spiro atoms. The van der Waals surface area contributed by atoms with Crippen LogP contribution in [-0.4, -0.2) is 47.1 Å². The van der Waals surface area contributed by atoms with Gasteiger partial charge in [0.25, 0.3) is 0 Å². The van der Waals surface area contributed by atoms with Gasteiger partial charge in [0.05, 0.1) is 23.2 Å². The zero-order valence-electron chi connectivity index (χ0n) is 25.0. The minimum Gasteiger partial charge on any atom is -0.453 e. The van der Waals surface area contributed by atoms with E-state index >= 15 is 4.39 Å². The van der Waals surface area contributed by atoms with Crippen molar-refractivity contribution in [3.05, 3.63) is 108 Å². The molecule has 0 bridgehead atoms. The molecule has 0 unspecified atom stereocenters. The van der Waals surface area contributed by atoms with E-state index in [0.717, 1.165) is 20.7 Å². The Kier molecular flexibility index (Phi) is 10.6. The van der Waals surface area contributed by atoms with E-state index in [1.54, 1.807) is 37.3 Å². The smallest absolute Gasteiger partial charge is 0.230 e. The second-order valence-corrected chi connectivity index (χ2v) is 11.8. The predicted octanol–water partition coefficient (Wildman–Crippen LogP) is 7.08. The van der Waals surface area contributed by atoms with Crippen molar-refractivity contribution < 1.29 is 27.8 Å². The average Bonchev–Trinajstić information content (AvgIpc) is 3.47. The largest absolute Gasteiger partial charge is 0.453 e. The van der Waals surface area contributed by atoms with Crippen molar-refractivity contribution in [1.82, 2.24) is 15.2 Å². The third-order valence-corrected chi connectivity index (χ3v) is 8.30. The van der Waals surface area contributed by atoms with Crippen LogP contribution in [0, 0.1) is 11.6 Å². The number of pyridine rings is 1. The number of rotatable bonds is 11. The highest BCUT2D eigenvalue weighted by Crippen LogP contribution is 2.40. The first-order valence-corrected chi connectivity index (χ1v) is 15.5. The Balaban J connectivity index is 1.26. The Morgan fingerprint density at radius 3 is 2.52 bits per heavy atom. The van der Waals surface area contributed by atoms with Crippen LogP contribution in [0.25, 0.3) is 20.7 Å². The Bertz CT molecular complexity index is 1880. The predicted molar refractivity (Wildman–Crippen MR) is 179 cm³/mol. The van der Waals surface area contributed by atoms with E-state index in [4.69, 9.17) is 21.7 Å². The van der Waals surface area contributed by atoms with Gasteiger partial charge in [-0.15, -0.1) is 11.3 Å². The number of carbonyl (C=O) groups is 2. The van der Waals surface area contributed by atoms with Crippen LogP contribution >= 0.6 is 23.6 Å². The lowest BCUT2D eigenvalue weighted by molar-refractivity contribution is -0.130. The monoisotopic (exact) mass is 660 g/mol. The lowest BCUT2D eigenvalue weighted by Gasteiger charge is -2.21. The molecule has 0 atom stereocenters. The van der Waals surface area contributed by atoms with E-state index in [0.29, 0.717) is 42.2 Å². The number of hydrogen-bond donors (Lipinski definition) is 2. The van der Waals surface area contributed by atoms with Crippen molar-refractivity contribution in [2.24, 2.45) is 0 Å². The van der Waals surface area contributed by atoms with Gasteiger partial charge in [0, 0.05) is 56.0 Å². The van der Waals surface area contributed by atoms with E-state index in [1.165, 1.54) is 47.7 Å². The Hall–Kier alpha value is -4.78. The van der Waals surface area contributed by atoms with E-state index < -0.39 is 11.7 Å². The van der Waals surface area contributed by atoms with E-state index in [-0.39, 0.29) is 29.0 Å². The molecule has 0 saturated carbocycles. The van der Waals surface area contributed by atoms with Crippen molar-refractivity contribution in [2.75, 3.05) is 25.6 Å². The van der Waals surface area contributed by atoms with Crippen molar-refractivity contribution in [2.45, 2.75) is 19.9 Å². The molecule has 0 fully saturated rings. The number of thiophene rings is 1. The number of methoxy groups -OCH3 is 1. The Morgan fingerprint density at radius 1 is 0.978 bits per heavy atom. The molecular weight excluding hydrogens is 631 g/mol. The van der Waals surface area contributed by atoms with Crippen molar-refractivity contribution in [3.8, 4) is 21.9 Å². The van der Waals surface area contributed by atoms with Crippen molar-refractivity contribution in [3.63, 3.8) is 0 Å². The number of thiocarbonyl (C=S) groups is 1. The molecule has 2 aromatic heterocycles. The van der Waals surface area contributed by atoms with Crippen molar-refractivity contribution in [1.29, 1.82) is 0 Å². The van der Waals surface area contributed by atoms with Crippen LogP contribution in [0.15, 0.2) is 85.1 Å². The molecule has 12 heteroatoms. The maximum Gasteiger partial charge on any atom is 0.230 e. The summed E-state index contributed by atoms with van der Waals surface area (Å²) < 4.78 is 40.1. The molecule has 2 amide bonds. The molecule has 0 aliphatic heterocycles. The third-order valence-electron chi connectivity index (χ3n) is 6.91. The SMILES string of the molecule is COCCN(Cc1cccc(-c2cc3nccc(Oc4ccc(NC(=S)NC(=O)Cc5ccc(F)cc5)cc4F)c3s2)c1)C(C)=O. The number of hydrogen-bond acceptors (Lipinski definition) is 7. The number of benzene rings is 3. The topological polar surface area (TPSA) is 92.8 Å². The number of nitrogens with one attached hydrogen (secondary N) is 2. The number of amides is 2. The standard InChI is InChI=1S/C34H30F2N4O4S2/c1-21(41)40(14-15-43-2)20-23-4-3-5-24(16-23)31-19-28-33(46-31)30(12-13-37-28)44-29-11-10-26(18-27(29)36)38-34(45)39-32(42)17-22-6-8-25(35)9-7-22/h3-13,16,18-19H,14-15,17,20H2,1-2H3,(H2,38,39,42,45). The molecular formula is C34H30F2N4O4S2. The molecule has 0 saturated heterocycles. The minimum atomic E-state index is -0.636. The molecule has 5 rings (SSSR count). The number of halogens is 2. The van der Waals surface area contributed by atoms with Crippen LogP contribution in [0.4, 0.5) is 14.5 Å². The number of fused-ring (bicyclic) bond motifs is 1. The van der Waals surface area contributed by atoms with Crippen LogP contribution in [0.1, 0.15) is 18.1 Å². The summed E-state index contributed by atoms with van der Waals surface area (Å²) in [4.78, 5) is 31.5. The highest BCUT2D eigenvalue weighted by Gasteiger charge is 2.15. The van der Waals surface area contributed by atoms with Crippen LogP contribution in [0.3, 0.4) is 0 Å². The summed E-state index contributed by atoms with van der Waals surface area (Å²) in [5, 5.41) is 5.32. The minimum absolute atomic E-state index is 0.00152. The molecule has 8 nitrogen and oxygen atoms in total.